The van der Waals surface area contributed by atoms with Gasteiger partial charge in [0.2, 0.25) is 0 Å². The number of aryl methyl sites for hydroxylation is 1. The van der Waals surface area contributed by atoms with E-state index in [9.17, 15) is 0 Å². The van der Waals surface area contributed by atoms with E-state index in [1.807, 2.05) is 0 Å². The van der Waals surface area contributed by atoms with Gasteiger partial charge in [-0.2, -0.15) is 0 Å². The summed E-state index contributed by atoms with van der Waals surface area (Å²) in [6, 6.07) is 9.19. The largest absolute Gasteiger partial charge is 0.310 e. The minimum atomic E-state index is 0.484. The van der Waals surface area contributed by atoms with Crippen molar-refractivity contribution in [3.63, 3.8) is 0 Å². The second-order valence-electron chi connectivity index (χ2n) is 5.49. The zero-order valence-corrected chi connectivity index (χ0v) is 11.2. The van der Waals surface area contributed by atoms with Gasteiger partial charge in [-0.15, -0.1) is 0 Å². The Labute approximate surface area is 106 Å². The highest BCUT2D eigenvalue weighted by Gasteiger charge is 2.15. The van der Waals surface area contributed by atoms with E-state index in [-0.39, 0.29) is 0 Å². The lowest BCUT2D eigenvalue weighted by atomic mass is 9.89. The first-order valence-electron chi connectivity index (χ1n) is 7.06. The molecule has 0 heterocycles. The van der Waals surface area contributed by atoms with Crippen LogP contribution in [0.2, 0.25) is 0 Å². The zero-order valence-electron chi connectivity index (χ0n) is 11.2. The number of rotatable bonds is 4. The molecule has 0 aromatic heterocycles. The van der Waals surface area contributed by atoms with E-state index < -0.39 is 0 Å². The van der Waals surface area contributed by atoms with E-state index >= 15 is 0 Å². The van der Waals surface area contributed by atoms with Gasteiger partial charge in [0.05, 0.1) is 0 Å². The van der Waals surface area contributed by atoms with Crippen LogP contribution in [0.3, 0.4) is 0 Å². The molecule has 0 saturated heterocycles. The molecular formula is C16H25N. The quantitative estimate of drug-likeness (QED) is 0.818. The number of nitrogens with one attached hydrogen (secondary N) is 1. The molecule has 0 bridgehead atoms. The predicted molar refractivity (Wildman–Crippen MR) is 74.2 cm³/mol. The second-order valence-corrected chi connectivity index (χ2v) is 5.49. The fraction of sp³-hybridized carbons (Fsp3) is 0.625. The van der Waals surface area contributed by atoms with Gasteiger partial charge in [-0.1, -0.05) is 43.5 Å². The number of hydrogen-bond donors (Lipinski definition) is 1. The number of hydrogen-bond acceptors (Lipinski definition) is 1. The van der Waals surface area contributed by atoms with Gasteiger partial charge in [-0.05, 0) is 50.3 Å². The summed E-state index contributed by atoms with van der Waals surface area (Å²) in [5.74, 6) is 0.912. The molecule has 0 aliphatic heterocycles. The third kappa shape index (κ3) is 3.57. The summed E-state index contributed by atoms with van der Waals surface area (Å²) in [6.07, 6.45) is 7.17. The molecule has 17 heavy (non-hydrogen) atoms. The fourth-order valence-electron chi connectivity index (χ4n) is 2.92. The van der Waals surface area contributed by atoms with Crippen molar-refractivity contribution >= 4 is 0 Å². The van der Waals surface area contributed by atoms with Gasteiger partial charge in [0.15, 0.2) is 0 Å². The topological polar surface area (TPSA) is 12.0 Å². The monoisotopic (exact) mass is 231 g/mol. The Bertz CT molecular complexity index is 339. The van der Waals surface area contributed by atoms with Crippen LogP contribution in [-0.2, 0) is 0 Å². The van der Waals surface area contributed by atoms with Gasteiger partial charge >= 0.3 is 0 Å². The average Bonchev–Trinajstić information content (AvgIpc) is 2.38. The molecule has 1 aliphatic carbocycles. The molecule has 0 radical (unpaired) electrons. The standard InChI is InChI=1S/C16H25N/c1-13-8-6-7-11-16(13)14(2)17-12-15-9-4-3-5-10-15/h6-8,11,14-15,17H,3-5,9-10,12H2,1-2H3/t14-/m0/s1. The van der Waals surface area contributed by atoms with E-state index in [0.29, 0.717) is 6.04 Å². The lowest BCUT2D eigenvalue weighted by Gasteiger charge is -2.24. The Balaban J connectivity index is 1.84. The van der Waals surface area contributed by atoms with Crippen LogP contribution in [0.1, 0.15) is 56.2 Å². The number of benzene rings is 1. The summed E-state index contributed by atoms with van der Waals surface area (Å²) in [7, 11) is 0. The summed E-state index contributed by atoms with van der Waals surface area (Å²) in [5.41, 5.74) is 2.85. The summed E-state index contributed by atoms with van der Waals surface area (Å²) in [6.45, 7) is 5.68. The van der Waals surface area contributed by atoms with E-state index in [1.165, 1.54) is 49.8 Å². The lowest BCUT2D eigenvalue weighted by molar-refractivity contribution is 0.331. The minimum absolute atomic E-state index is 0.484. The van der Waals surface area contributed by atoms with Crippen LogP contribution >= 0.6 is 0 Å². The molecule has 1 saturated carbocycles. The lowest BCUT2D eigenvalue weighted by Crippen LogP contribution is -2.27. The molecule has 1 aromatic carbocycles. The summed E-state index contributed by atoms with van der Waals surface area (Å²) in [4.78, 5) is 0. The molecule has 94 valence electrons. The normalized spacial score (nSPS) is 19.2. The van der Waals surface area contributed by atoms with E-state index in [2.05, 4.69) is 43.4 Å². The molecule has 2 rings (SSSR count). The van der Waals surface area contributed by atoms with Crippen LogP contribution in [0, 0.1) is 12.8 Å². The van der Waals surface area contributed by atoms with Crippen molar-refractivity contribution in [2.75, 3.05) is 6.54 Å². The first-order valence-corrected chi connectivity index (χ1v) is 7.06. The fourth-order valence-corrected chi connectivity index (χ4v) is 2.92. The van der Waals surface area contributed by atoms with Crippen molar-refractivity contribution in [2.24, 2.45) is 5.92 Å². The van der Waals surface area contributed by atoms with Crippen LogP contribution in [0.25, 0.3) is 0 Å². The van der Waals surface area contributed by atoms with E-state index in [4.69, 9.17) is 0 Å². The molecule has 0 spiro atoms. The predicted octanol–water partition coefficient (Wildman–Crippen LogP) is 4.23. The van der Waals surface area contributed by atoms with Gasteiger partial charge in [0, 0.05) is 6.04 Å². The maximum Gasteiger partial charge on any atom is 0.0294 e. The third-order valence-electron chi connectivity index (χ3n) is 4.09. The molecule has 0 amide bonds. The van der Waals surface area contributed by atoms with Gasteiger partial charge in [0.25, 0.3) is 0 Å². The van der Waals surface area contributed by atoms with Crippen molar-refractivity contribution in [1.82, 2.24) is 5.32 Å². The molecule has 1 N–H and O–H groups in total. The Morgan fingerprint density at radius 3 is 2.59 bits per heavy atom. The average molecular weight is 231 g/mol. The third-order valence-corrected chi connectivity index (χ3v) is 4.09. The van der Waals surface area contributed by atoms with Crippen molar-refractivity contribution in [2.45, 2.75) is 52.0 Å². The van der Waals surface area contributed by atoms with Crippen LogP contribution in [0.4, 0.5) is 0 Å². The minimum Gasteiger partial charge on any atom is -0.310 e. The first kappa shape index (κ1) is 12.6. The van der Waals surface area contributed by atoms with Crippen LogP contribution in [-0.4, -0.2) is 6.54 Å². The Morgan fingerprint density at radius 2 is 1.88 bits per heavy atom. The Kier molecular flexibility index (Phi) is 4.61. The van der Waals surface area contributed by atoms with E-state index in [0.717, 1.165) is 5.92 Å². The summed E-state index contributed by atoms with van der Waals surface area (Å²) < 4.78 is 0. The summed E-state index contributed by atoms with van der Waals surface area (Å²) >= 11 is 0. The van der Waals surface area contributed by atoms with Gasteiger partial charge in [-0.3, -0.25) is 0 Å². The molecular weight excluding hydrogens is 206 g/mol. The van der Waals surface area contributed by atoms with Crippen molar-refractivity contribution in [1.29, 1.82) is 0 Å². The Hall–Kier alpha value is -0.820. The molecule has 0 unspecified atom stereocenters. The zero-order chi connectivity index (χ0) is 12.1. The van der Waals surface area contributed by atoms with Gasteiger partial charge in [-0.25, -0.2) is 0 Å². The molecule has 1 nitrogen and oxygen atoms in total. The van der Waals surface area contributed by atoms with Crippen LogP contribution in [0.15, 0.2) is 24.3 Å². The highest BCUT2D eigenvalue weighted by Crippen LogP contribution is 2.24. The van der Waals surface area contributed by atoms with Crippen molar-refractivity contribution < 1.29 is 0 Å². The van der Waals surface area contributed by atoms with Crippen molar-refractivity contribution in [3.8, 4) is 0 Å². The summed E-state index contributed by atoms with van der Waals surface area (Å²) in [5, 5.41) is 3.71. The van der Waals surface area contributed by atoms with Gasteiger partial charge in [0.1, 0.15) is 0 Å². The maximum atomic E-state index is 3.71. The van der Waals surface area contributed by atoms with Crippen LogP contribution in [0.5, 0.6) is 0 Å². The molecule has 1 heteroatoms. The second kappa shape index (κ2) is 6.20. The highest BCUT2D eigenvalue weighted by molar-refractivity contribution is 5.28. The maximum absolute atomic E-state index is 3.71. The molecule has 1 atom stereocenters. The first-order chi connectivity index (χ1) is 8.27. The Morgan fingerprint density at radius 1 is 1.18 bits per heavy atom. The highest BCUT2D eigenvalue weighted by atomic mass is 14.9. The molecule has 1 aromatic rings. The van der Waals surface area contributed by atoms with Crippen LogP contribution < -0.4 is 5.32 Å². The van der Waals surface area contributed by atoms with E-state index in [1.54, 1.807) is 0 Å². The van der Waals surface area contributed by atoms with Crippen molar-refractivity contribution in [3.05, 3.63) is 35.4 Å². The molecule has 1 aliphatic rings. The smallest absolute Gasteiger partial charge is 0.0294 e. The molecule has 1 fully saturated rings. The van der Waals surface area contributed by atoms with Gasteiger partial charge < -0.3 is 5.32 Å². The SMILES string of the molecule is Cc1ccccc1[C@H](C)NCC1CCCCC1.